The summed E-state index contributed by atoms with van der Waals surface area (Å²) in [5.74, 6) is -0.989. The zero-order valence-electron chi connectivity index (χ0n) is 8.44. The minimum Gasteiger partial charge on any atom is -0.481 e. The van der Waals surface area contributed by atoms with Gasteiger partial charge in [-0.1, -0.05) is 6.07 Å². The van der Waals surface area contributed by atoms with Crippen LogP contribution in [-0.2, 0) is 11.2 Å². The maximum Gasteiger partial charge on any atom is 0.311 e. The van der Waals surface area contributed by atoms with Crippen molar-refractivity contribution in [3.8, 4) is 0 Å². The first-order chi connectivity index (χ1) is 7.23. The molecule has 0 aliphatic heterocycles. The topological polar surface area (TPSA) is 50.2 Å². The van der Waals surface area contributed by atoms with Crippen molar-refractivity contribution in [2.45, 2.75) is 31.6 Å². The molecular weight excluding hydrogens is 190 g/mol. The number of fused-ring (bicyclic) bond motifs is 1. The molecule has 1 N–H and O–H groups in total. The van der Waals surface area contributed by atoms with E-state index in [4.69, 9.17) is 0 Å². The van der Waals surface area contributed by atoms with Crippen LogP contribution in [0.5, 0.6) is 0 Å². The lowest BCUT2D eigenvalue weighted by Crippen LogP contribution is -2.28. The van der Waals surface area contributed by atoms with E-state index >= 15 is 0 Å². The lowest BCUT2D eigenvalue weighted by molar-refractivity contribution is -0.141. The SMILES string of the molecule is O=C(O)C1c2cccnc2CCC12CC2. The first kappa shape index (κ1) is 8.89. The molecule has 0 radical (unpaired) electrons. The number of hydrogen-bond acceptors (Lipinski definition) is 2. The average molecular weight is 203 g/mol. The fourth-order valence-corrected chi connectivity index (χ4v) is 2.86. The molecule has 78 valence electrons. The van der Waals surface area contributed by atoms with Crippen LogP contribution in [0, 0.1) is 5.41 Å². The summed E-state index contributed by atoms with van der Waals surface area (Å²) in [4.78, 5) is 15.6. The molecule has 1 spiro atoms. The van der Waals surface area contributed by atoms with Gasteiger partial charge in [0.2, 0.25) is 0 Å². The van der Waals surface area contributed by atoms with E-state index in [1.165, 1.54) is 0 Å². The van der Waals surface area contributed by atoms with Crippen molar-refractivity contribution >= 4 is 5.97 Å². The maximum absolute atomic E-state index is 11.3. The number of carbonyl (C=O) groups is 1. The van der Waals surface area contributed by atoms with E-state index in [0.717, 1.165) is 36.9 Å². The van der Waals surface area contributed by atoms with Crippen LogP contribution < -0.4 is 0 Å². The molecule has 0 bridgehead atoms. The molecule has 3 heteroatoms. The van der Waals surface area contributed by atoms with Gasteiger partial charge in [-0.3, -0.25) is 9.78 Å². The van der Waals surface area contributed by atoms with Crippen molar-refractivity contribution < 1.29 is 9.90 Å². The molecule has 1 saturated carbocycles. The van der Waals surface area contributed by atoms with Crippen molar-refractivity contribution in [2.24, 2.45) is 5.41 Å². The summed E-state index contributed by atoms with van der Waals surface area (Å²) in [6.07, 6.45) is 5.83. The Morgan fingerprint density at radius 2 is 2.27 bits per heavy atom. The normalized spacial score (nSPS) is 26.0. The number of aromatic nitrogens is 1. The predicted molar refractivity (Wildman–Crippen MR) is 54.6 cm³/mol. The van der Waals surface area contributed by atoms with Gasteiger partial charge in [-0.25, -0.2) is 0 Å². The van der Waals surface area contributed by atoms with Crippen molar-refractivity contribution in [1.29, 1.82) is 0 Å². The highest BCUT2D eigenvalue weighted by atomic mass is 16.4. The molecule has 1 unspecified atom stereocenters. The zero-order valence-corrected chi connectivity index (χ0v) is 8.44. The highest BCUT2D eigenvalue weighted by molar-refractivity contribution is 5.78. The van der Waals surface area contributed by atoms with Gasteiger partial charge in [0.25, 0.3) is 0 Å². The van der Waals surface area contributed by atoms with Crippen LogP contribution in [0.3, 0.4) is 0 Å². The number of aliphatic carboxylic acids is 1. The minimum absolute atomic E-state index is 0.0713. The zero-order chi connectivity index (χ0) is 10.5. The van der Waals surface area contributed by atoms with E-state index in [-0.39, 0.29) is 11.3 Å². The Morgan fingerprint density at radius 1 is 1.47 bits per heavy atom. The molecule has 1 fully saturated rings. The lowest BCUT2D eigenvalue weighted by Gasteiger charge is -2.30. The van der Waals surface area contributed by atoms with Crippen molar-refractivity contribution in [3.05, 3.63) is 29.6 Å². The summed E-state index contributed by atoms with van der Waals surface area (Å²) in [7, 11) is 0. The molecule has 3 nitrogen and oxygen atoms in total. The van der Waals surface area contributed by atoms with Crippen molar-refractivity contribution in [1.82, 2.24) is 4.98 Å². The monoisotopic (exact) mass is 203 g/mol. The number of carboxylic acid groups (broad SMARTS) is 1. The number of aryl methyl sites for hydroxylation is 1. The van der Waals surface area contributed by atoms with Crippen LogP contribution in [0.4, 0.5) is 0 Å². The fraction of sp³-hybridized carbons (Fsp3) is 0.500. The summed E-state index contributed by atoms with van der Waals surface area (Å²) in [6, 6.07) is 3.77. The first-order valence-corrected chi connectivity index (χ1v) is 5.40. The van der Waals surface area contributed by atoms with E-state index in [0.29, 0.717) is 0 Å². The van der Waals surface area contributed by atoms with Gasteiger partial charge in [0, 0.05) is 11.9 Å². The smallest absolute Gasteiger partial charge is 0.311 e. The Balaban J connectivity index is 2.12. The van der Waals surface area contributed by atoms with Gasteiger partial charge in [0.15, 0.2) is 0 Å². The molecule has 1 aromatic heterocycles. The van der Waals surface area contributed by atoms with E-state index in [9.17, 15) is 9.90 Å². The number of pyridine rings is 1. The largest absolute Gasteiger partial charge is 0.481 e. The molecule has 3 rings (SSSR count). The number of nitrogens with zero attached hydrogens (tertiary/aromatic N) is 1. The molecule has 0 amide bonds. The van der Waals surface area contributed by atoms with Gasteiger partial charge in [-0.15, -0.1) is 0 Å². The molecule has 2 aliphatic carbocycles. The van der Waals surface area contributed by atoms with E-state index in [1.54, 1.807) is 6.20 Å². The van der Waals surface area contributed by atoms with Gasteiger partial charge in [0.05, 0.1) is 5.92 Å². The maximum atomic E-state index is 11.3. The summed E-state index contributed by atoms with van der Waals surface area (Å²) in [6.45, 7) is 0. The Labute approximate surface area is 88.1 Å². The second kappa shape index (κ2) is 2.81. The summed E-state index contributed by atoms with van der Waals surface area (Å²) in [5.41, 5.74) is 2.01. The molecule has 2 aliphatic rings. The van der Waals surface area contributed by atoms with E-state index in [2.05, 4.69) is 4.98 Å². The summed E-state index contributed by atoms with van der Waals surface area (Å²) in [5, 5.41) is 9.33. The number of carboxylic acids is 1. The first-order valence-electron chi connectivity index (χ1n) is 5.40. The standard InChI is InChI=1S/C12H13NO2/c14-11(15)10-8-2-1-7-13-9(8)3-4-12(10)5-6-12/h1-2,7,10H,3-6H2,(H,14,15). The van der Waals surface area contributed by atoms with Crippen LogP contribution in [0.25, 0.3) is 0 Å². The Kier molecular flexibility index (Phi) is 1.67. The van der Waals surface area contributed by atoms with Gasteiger partial charge in [-0.05, 0) is 42.7 Å². The quantitative estimate of drug-likeness (QED) is 0.759. The molecular formula is C12H13NO2. The number of rotatable bonds is 1. The van der Waals surface area contributed by atoms with Crippen molar-refractivity contribution in [2.75, 3.05) is 0 Å². The Hall–Kier alpha value is -1.38. The fourth-order valence-electron chi connectivity index (χ4n) is 2.86. The third kappa shape index (κ3) is 1.19. The van der Waals surface area contributed by atoms with Gasteiger partial charge in [-0.2, -0.15) is 0 Å². The van der Waals surface area contributed by atoms with Crippen LogP contribution >= 0.6 is 0 Å². The Bertz CT molecular complexity index is 423. The second-order valence-electron chi connectivity index (χ2n) is 4.67. The third-order valence-electron chi connectivity index (χ3n) is 3.85. The van der Waals surface area contributed by atoms with Gasteiger partial charge >= 0.3 is 5.97 Å². The molecule has 1 aromatic rings. The molecule has 1 atom stereocenters. The number of hydrogen-bond donors (Lipinski definition) is 1. The highest BCUT2D eigenvalue weighted by Crippen LogP contribution is 2.61. The van der Waals surface area contributed by atoms with Crippen molar-refractivity contribution in [3.63, 3.8) is 0 Å². The van der Waals surface area contributed by atoms with Crippen LogP contribution in [0.2, 0.25) is 0 Å². The summed E-state index contributed by atoms with van der Waals surface area (Å²) < 4.78 is 0. The third-order valence-corrected chi connectivity index (χ3v) is 3.85. The van der Waals surface area contributed by atoms with Crippen LogP contribution in [0.1, 0.15) is 36.4 Å². The minimum atomic E-state index is -0.679. The second-order valence-corrected chi connectivity index (χ2v) is 4.67. The van der Waals surface area contributed by atoms with Gasteiger partial charge < -0.3 is 5.11 Å². The van der Waals surface area contributed by atoms with E-state index < -0.39 is 5.97 Å². The Morgan fingerprint density at radius 3 is 2.93 bits per heavy atom. The van der Waals surface area contributed by atoms with E-state index in [1.807, 2.05) is 12.1 Å². The van der Waals surface area contributed by atoms with Crippen LogP contribution in [0.15, 0.2) is 18.3 Å². The highest BCUT2D eigenvalue weighted by Gasteiger charge is 2.55. The lowest BCUT2D eigenvalue weighted by atomic mass is 9.74. The predicted octanol–water partition coefficient (Wildman–Crippen LogP) is 1.98. The average Bonchev–Trinajstić information content (AvgIpc) is 2.98. The van der Waals surface area contributed by atoms with Gasteiger partial charge in [0.1, 0.15) is 0 Å². The molecule has 0 saturated heterocycles. The molecule has 1 heterocycles. The summed E-state index contributed by atoms with van der Waals surface area (Å²) >= 11 is 0. The molecule has 15 heavy (non-hydrogen) atoms. The van der Waals surface area contributed by atoms with Crippen LogP contribution in [-0.4, -0.2) is 16.1 Å². The molecule has 0 aromatic carbocycles.